The van der Waals surface area contributed by atoms with Gasteiger partial charge in [0.15, 0.2) is 5.96 Å². The number of benzene rings is 1. The van der Waals surface area contributed by atoms with E-state index in [9.17, 15) is 0 Å². The molecule has 0 aliphatic carbocycles. The SMILES string of the molecule is CN=C(NCCCc1cn(-c2ccccc2)nc1C)NC1CN(C(C)C)CC1C. The zero-order chi connectivity index (χ0) is 20.8. The van der Waals surface area contributed by atoms with E-state index in [1.807, 2.05) is 29.9 Å². The van der Waals surface area contributed by atoms with Gasteiger partial charge in [-0.3, -0.25) is 9.89 Å². The highest BCUT2D eigenvalue weighted by molar-refractivity contribution is 5.80. The van der Waals surface area contributed by atoms with Gasteiger partial charge < -0.3 is 10.6 Å². The fourth-order valence-corrected chi connectivity index (χ4v) is 3.92. The average molecular weight is 397 g/mol. The lowest BCUT2D eigenvalue weighted by Crippen LogP contribution is -2.47. The summed E-state index contributed by atoms with van der Waals surface area (Å²) in [5, 5.41) is 11.8. The molecular weight excluding hydrogens is 360 g/mol. The minimum Gasteiger partial charge on any atom is -0.356 e. The van der Waals surface area contributed by atoms with Crippen molar-refractivity contribution in [1.82, 2.24) is 25.3 Å². The number of hydrogen-bond donors (Lipinski definition) is 2. The summed E-state index contributed by atoms with van der Waals surface area (Å²) in [5.41, 5.74) is 3.51. The summed E-state index contributed by atoms with van der Waals surface area (Å²) in [6.07, 6.45) is 4.20. The van der Waals surface area contributed by atoms with E-state index in [-0.39, 0.29) is 0 Å². The Labute approximate surface area is 175 Å². The van der Waals surface area contributed by atoms with Crippen molar-refractivity contribution >= 4 is 5.96 Å². The molecule has 6 heteroatoms. The van der Waals surface area contributed by atoms with Crippen molar-refractivity contribution in [2.45, 2.75) is 52.6 Å². The van der Waals surface area contributed by atoms with Crippen molar-refractivity contribution in [3.8, 4) is 5.69 Å². The van der Waals surface area contributed by atoms with Gasteiger partial charge >= 0.3 is 0 Å². The summed E-state index contributed by atoms with van der Waals surface area (Å²) in [7, 11) is 1.85. The first-order valence-corrected chi connectivity index (χ1v) is 10.8. The molecule has 1 aromatic carbocycles. The van der Waals surface area contributed by atoms with Gasteiger partial charge in [-0.2, -0.15) is 5.10 Å². The van der Waals surface area contributed by atoms with Crippen LogP contribution in [0.25, 0.3) is 5.69 Å². The Bertz CT molecular complexity index is 795. The molecule has 0 spiro atoms. The van der Waals surface area contributed by atoms with Crippen molar-refractivity contribution in [3.63, 3.8) is 0 Å². The van der Waals surface area contributed by atoms with E-state index in [2.05, 4.69) is 71.6 Å². The summed E-state index contributed by atoms with van der Waals surface area (Å²) in [5.74, 6) is 1.53. The van der Waals surface area contributed by atoms with E-state index in [1.54, 1.807) is 0 Å². The van der Waals surface area contributed by atoms with Crippen LogP contribution < -0.4 is 10.6 Å². The number of aliphatic imine (C=N–C) groups is 1. The molecule has 0 amide bonds. The van der Waals surface area contributed by atoms with Crippen LogP contribution in [0.5, 0.6) is 0 Å². The molecule has 1 aromatic heterocycles. The monoisotopic (exact) mass is 396 g/mol. The van der Waals surface area contributed by atoms with Crippen LogP contribution in [0.2, 0.25) is 0 Å². The van der Waals surface area contributed by atoms with Crippen LogP contribution in [0.4, 0.5) is 0 Å². The van der Waals surface area contributed by atoms with E-state index >= 15 is 0 Å². The highest BCUT2D eigenvalue weighted by Crippen LogP contribution is 2.18. The first-order chi connectivity index (χ1) is 14.0. The third-order valence-electron chi connectivity index (χ3n) is 5.85. The van der Waals surface area contributed by atoms with Gasteiger partial charge in [-0.1, -0.05) is 25.1 Å². The molecule has 3 rings (SSSR count). The normalized spacial score (nSPS) is 20.4. The Morgan fingerprint density at radius 3 is 2.66 bits per heavy atom. The van der Waals surface area contributed by atoms with Crippen molar-refractivity contribution in [3.05, 3.63) is 47.8 Å². The Kier molecular flexibility index (Phi) is 7.31. The fourth-order valence-electron chi connectivity index (χ4n) is 3.92. The molecule has 29 heavy (non-hydrogen) atoms. The molecule has 1 fully saturated rings. The Balaban J connectivity index is 1.46. The van der Waals surface area contributed by atoms with Crippen molar-refractivity contribution in [2.75, 3.05) is 26.7 Å². The van der Waals surface area contributed by atoms with Crippen LogP contribution in [0, 0.1) is 12.8 Å². The Morgan fingerprint density at radius 1 is 1.24 bits per heavy atom. The maximum absolute atomic E-state index is 4.66. The summed E-state index contributed by atoms with van der Waals surface area (Å²) in [6.45, 7) is 12.1. The summed E-state index contributed by atoms with van der Waals surface area (Å²) in [4.78, 5) is 6.95. The molecule has 0 saturated carbocycles. The number of nitrogens with zero attached hydrogens (tertiary/aromatic N) is 4. The number of para-hydroxylation sites is 1. The second kappa shape index (κ2) is 9.92. The number of hydrogen-bond acceptors (Lipinski definition) is 3. The number of aromatic nitrogens is 2. The lowest BCUT2D eigenvalue weighted by atomic mass is 10.1. The molecule has 2 atom stereocenters. The highest BCUT2D eigenvalue weighted by Gasteiger charge is 2.31. The summed E-state index contributed by atoms with van der Waals surface area (Å²) in [6, 6.07) is 11.3. The molecule has 158 valence electrons. The summed E-state index contributed by atoms with van der Waals surface area (Å²) >= 11 is 0. The molecular formula is C23H36N6. The largest absolute Gasteiger partial charge is 0.356 e. The lowest BCUT2D eigenvalue weighted by Gasteiger charge is -2.22. The zero-order valence-corrected chi connectivity index (χ0v) is 18.5. The third-order valence-corrected chi connectivity index (χ3v) is 5.85. The molecule has 2 aromatic rings. The lowest BCUT2D eigenvalue weighted by molar-refractivity contribution is 0.265. The van der Waals surface area contributed by atoms with E-state index in [0.717, 1.165) is 49.8 Å². The maximum atomic E-state index is 4.66. The first kappa shape index (κ1) is 21.4. The molecule has 1 aliphatic heterocycles. The molecule has 1 saturated heterocycles. The van der Waals surface area contributed by atoms with Gasteiger partial charge in [-0.25, -0.2) is 4.68 Å². The Hall–Kier alpha value is -2.34. The second-order valence-electron chi connectivity index (χ2n) is 8.40. The van der Waals surface area contributed by atoms with Gasteiger partial charge in [0.25, 0.3) is 0 Å². The topological polar surface area (TPSA) is 57.5 Å². The van der Waals surface area contributed by atoms with E-state index in [0.29, 0.717) is 18.0 Å². The van der Waals surface area contributed by atoms with Crippen molar-refractivity contribution in [1.29, 1.82) is 0 Å². The smallest absolute Gasteiger partial charge is 0.191 e. The molecule has 0 bridgehead atoms. The van der Waals surface area contributed by atoms with Gasteiger partial charge in [0, 0.05) is 45.0 Å². The van der Waals surface area contributed by atoms with Crippen LogP contribution in [0.3, 0.4) is 0 Å². The molecule has 1 aliphatic rings. The van der Waals surface area contributed by atoms with Gasteiger partial charge in [-0.05, 0) is 57.2 Å². The first-order valence-electron chi connectivity index (χ1n) is 10.8. The van der Waals surface area contributed by atoms with Crippen LogP contribution in [0.1, 0.15) is 38.4 Å². The molecule has 6 nitrogen and oxygen atoms in total. The van der Waals surface area contributed by atoms with E-state index < -0.39 is 0 Å². The summed E-state index contributed by atoms with van der Waals surface area (Å²) < 4.78 is 1.97. The van der Waals surface area contributed by atoms with Gasteiger partial charge in [-0.15, -0.1) is 0 Å². The van der Waals surface area contributed by atoms with Crippen LogP contribution in [0.15, 0.2) is 41.5 Å². The minimum absolute atomic E-state index is 0.454. The number of aryl methyl sites for hydroxylation is 2. The zero-order valence-electron chi connectivity index (χ0n) is 18.5. The molecule has 2 heterocycles. The van der Waals surface area contributed by atoms with Gasteiger partial charge in [0.05, 0.1) is 11.4 Å². The highest BCUT2D eigenvalue weighted by atomic mass is 15.3. The third kappa shape index (κ3) is 5.60. The van der Waals surface area contributed by atoms with Gasteiger partial charge in [0.2, 0.25) is 0 Å². The minimum atomic E-state index is 0.454. The van der Waals surface area contributed by atoms with Crippen molar-refractivity contribution < 1.29 is 0 Å². The predicted molar refractivity (Wildman–Crippen MR) is 121 cm³/mol. The van der Waals surface area contributed by atoms with Crippen LogP contribution in [-0.2, 0) is 6.42 Å². The fraction of sp³-hybridized carbons (Fsp3) is 0.565. The van der Waals surface area contributed by atoms with Gasteiger partial charge in [0.1, 0.15) is 0 Å². The molecule has 2 N–H and O–H groups in total. The number of rotatable bonds is 7. The predicted octanol–water partition coefficient (Wildman–Crippen LogP) is 3.01. The quantitative estimate of drug-likeness (QED) is 0.429. The van der Waals surface area contributed by atoms with E-state index in [1.165, 1.54) is 5.56 Å². The molecule has 0 radical (unpaired) electrons. The average Bonchev–Trinajstić information content (AvgIpc) is 3.27. The van der Waals surface area contributed by atoms with Crippen molar-refractivity contribution in [2.24, 2.45) is 10.9 Å². The number of guanidine groups is 1. The maximum Gasteiger partial charge on any atom is 0.191 e. The van der Waals surface area contributed by atoms with Crippen LogP contribution in [-0.4, -0.2) is 59.4 Å². The Morgan fingerprint density at radius 2 is 2.00 bits per heavy atom. The second-order valence-corrected chi connectivity index (χ2v) is 8.40. The van der Waals surface area contributed by atoms with E-state index in [4.69, 9.17) is 0 Å². The number of nitrogens with one attached hydrogen (secondary N) is 2. The molecule has 2 unspecified atom stereocenters. The van der Waals surface area contributed by atoms with Crippen LogP contribution >= 0.6 is 0 Å². The standard InChI is InChI=1S/C23H36N6/c1-17(2)28-14-18(3)22(16-28)26-23(24-5)25-13-9-10-20-15-29(27-19(20)4)21-11-7-6-8-12-21/h6-8,11-12,15,17-18,22H,9-10,13-14,16H2,1-5H3,(H2,24,25,26). The number of likely N-dealkylation sites (tertiary alicyclic amines) is 1.